The average Bonchev–Trinajstić information content (AvgIpc) is 2.19. The normalized spacial score (nSPS) is 16.2. The first-order valence-electron chi connectivity index (χ1n) is 5.91. The summed E-state index contributed by atoms with van der Waals surface area (Å²) in [5, 5.41) is 0. The van der Waals surface area contributed by atoms with Crippen molar-refractivity contribution in [3.05, 3.63) is 40.5 Å². The van der Waals surface area contributed by atoms with Gasteiger partial charge in [-0.05, 0) is 50.3 Å². The fourth-order valence-electron chi connectivity index (χ4n) is 2.60. The van der Waals surface area contributed by atoms with Crippen LogP contribution < -0.4 is 0 Å². The van der Waals surface area contributed by atoms with Crippen molar-refractivity contribution in [2.45, 2.75) is 40.0 Å². The highest BCUT2D eigenvalue weighted by atomic mass is 16.1. The van der Waals surface area contributed by atoms with Gasteiger partial charge in [-0.25, -0.2) is 0 Å². The van der Waals surface area contributed by atoms with E-state index in [0.29, 0.717) is 12.2 Å². The van der Waals surface area contributed by atoms with Crippen molar-refractivity contribution >= 4 is 11.4 Å². The van der Waals surface area contributed by atoms with Crippen LogP contribution >= 0.6 is 0 Å². The van der Waals surface area contributed by atoms with Crippen molar-refractivity contribution < 1.29 is 4.79 Å². The van der Waals surface area contributed by atoms with Gasteiger partial charge < -0.3 is 0 Å². The Morgan fingerprint density at radius 3 is 2.25 bits per heavy atom. The van der Waals surface area contributed by atoms with Crippen molar-refractivity contribution in [1.82, 2.24) is 0 Å². The molecule has 0 aliphatic heterocycles. The lowest BCUT2D eigenvalue weighted by Gasteiger charge is -2.17. The van der Waals surface area contributed by atoms with E-state index in [1.54, 1.807) is 0 Å². The molecule has 0 saturated heterocycles. The Morgan fingerprint density at radius 2 is 1.69 bits per heavy atom. The van der Waals surface area contributed by atoms with E-state index in [4.69, 9.17) is 0 Å². The lowest BCUT2D eigenvalue weighted by molar-refractivity contribution is -0.114. The van der Waals surface area contributed by atoms with E-state index in [1.807, 2.05) is 0 Å². The molecule has 1 aromatic rings. The van der Waals surface area contributed by atoms with Crippen LogP contribution in [0, 0.1) is 20.8 Å². The van der Waals surface area contributed by atoms with Crippen LogP contribution in [-0.2, 0) is 4.79 Å². The highest BCUT2D eigenvalue weighted by molar-refractivity contribution is 6.22. The number of Topliss-reactive ketones (excluding diaryl/α,β-unsaturated/α-hetero) is 1. The Morgan fingerprint density at radius 1 is 1.06 bits per heavy atom. The monoisotopic (exact) mass is 214 g/mol. The summed E-state index contributed by atoms with van der Waals surface area (Å²) in [6.07, 6.45) is 4.86. The minimum Gasteiger partial charge on any atom is -0.294 e. The fraction of sp³-hybridized carbons (Fsp3) is 0.400. The number of hydrogen-bond acceptors (Lipinski definition) is 1. The minimum absolute atomic E-state index is 0.307. The summed E-state index contributed by atoms with van der Waals surface area (Å²) in [5.74, 6) is 0.307. The van der Waals surface area contributed by atoms with Gasteiger partial charge in [-0.15, -0.1) is 0 Å². The van der Waals surface area contributed by atoms with E-state index in [1.165, 1.54) is 16.7 Å². The molecule has 1 aliphatic carbocycles. The molecule has 0 unspecified atom stereocenters. The molecule has 0 saturated carbocycles. The Balaban J connectivity index is 2.55. The van der Waals surface area contributed by atoms with Crippen LogP contribution in [0.3, 0.4) is 0 Å². The van der Waals surface area contributed by atoms with Crippen molar-refractivity contribution in [2.24, 2.45) is 0 Å². The molecule has 0 radical (unpaired) electrons. The number of carbonyl (C=O) groups excluding carboxylic acids is 1. The summed E-state index contributed by atoms with van der Waals surface area (Å²) in [7, 11) is 0. The number of benzene rings is 1. The van der Waals surface area contributed by atoms with E-state index >= 15 is 0 Å². The Kier molecular flexibility index (Phi) is 2.95. The predicted octanol–water partition coefficient (Wildman–Crippen LogP) is 3.75. The highest BCUT2D eigenvalue weighted by Gasteiger charge is 2.18. The summed E-state index contributed by atoms with van der Waals surface area (Å²) in [4.78, 5) is 11.9. The third-order valence-corrected chi connectivity index (χ3v) is 3.20. The third-order valence-electron chi connectivity index (χ3n) is 3.20. The minimum atomic E-state index is 0.307. The van der Waals surface area contributed by atoms with E-state index in [0.717, 1.165) is 24.0 Å². The Labute approximate surface area is 97.2 Å². The zero-order chi connectivity index (χ0) is 11.7. The molecule has 0 bridgehead atoms. The summed E-state index contributed by atoms with van der Waals surface area (Å²) in [6.45, 7) is 6.29. The predicted molar refractivity (Wildman–Crippen MR) is 67.5 cm³/mol. The van der Waals surface area contributed by atoms with Gasteiger partial charge in [0.15, 0.2) is 5.78 Å². The molecule has 1 aromatic carbocycles. The maximum Gasteiger partial charge on any atom is 0.163 e. The van der Waals surface area contributed by atoms with E-state index in [9.17, 15) is 4.79 Å². The van der Waals surface area contributed by atoms with Crippen LogP contribution in [0.5, 0.6) is 0 Å². The molecule has 1 heteroatoms. The number of allylic oxidation sites excluding steroid dienone is 2. The molecule has 2 rings (SSSR count). The second kappa shape index (κ2) is 4.25. The van der Waals surface area contributed by atoms with E-state index in [2.05, 4.69) is 39.0 Å². The summed E-state index contributed by atoms with van der Waals surface area (Å²) in [5.41, 5.74) is 5.82. The number of rotatable bonds is 1. The average molecular weight is 214 g/mol. The van der Waals surface area contributed by atoms with Gasteiger partial charge in [0.05, 0.1) is 0 Å². The molecule has 16 heavy (non-hydrogen) atoms. The number of hydrogen-bond donors (Lipinski definition) is 0. The molecule has 0 spiro atoms. The van der Waals surface area contributed by atoms with Crippen molar-refractivity contribution in [3.8, 4) is 0 Å². The Hall–Kier alpha value is -1.37. The molecule has 1 aliphatic rings. The van der Waals surface area contributed by atoms with E-state index < -0.39 is 0 Å². The maximum absolute atomic E-state index is 11.9. The zero-order valence-corrected chi connectivity index (χ0v) is 10.3. The van der Waals surface area contributed by atoms with Crippen LogP contribution in [0.15, 0.2) is 18.2 Å². The van der Waals surface area contributed by atoms with Gasteiger partial charge in [-0.2, -0.15) is 0 Å². The van der Waals surface area contributed by atoms with Crippen LogP contribution in [0.4, 0.5) is 0 Å². The summed E-state index contributed by atoms with van der Waals surface area (Å²) >= 11 is 0. The molecule has 84 valence electrons. The lowest BCUT2D eigenvalue weighted by atomic mass is 9.87. The molecular formula is C15H18O. The van der Waals surface area contributed by atoms with E-state index in [-0.39, 0.29) is 0 Å². The van der Waals surface area contributed by atoms with Crippen molar-refractivity contribution in [2.75, 3.05) is 0 Å². The first-order valence-corrected chi connectivity index (χ1v) is 5.91. The number of carbonyl (C=O) groups is 1. The van der Waals surface area contributed by atoms with Crippen molar-refractivity contribution in [3.63, 3.8) is 0 Å². The largest absolute Gasteiger partial charge is 0.294 e. The molecule has 0 aromatic heterocycles. The van der Waals surface area contributed by atoms with Crippen molar-refractivity contribution in [1.29, 1.82) is 0 Å². The molecule has 0 N–H and O–H groups in total. The van der Waals surface area contributed by atoms with Crippen LogP contribution in [-0.4, -0.2) is 5.78 Å². The van der Waals surface area contributed by atoms with Crippen LogP contribution in [0.2, 0.25) is 0 Å². The molecule has 1 nitrogen and oxygen atoms in total. The molecule has 0 heterocycles. The zero-order valence-electron chi connectivity index (χ0n) is 10.3. The number of aryl methyl sites for hydroxylation is 3. The maximum atomic E-state index is 11.9. The van der Waals surface area contributed by atoms with Gasteiger partial charge in [0.2, 0.25) is 0 Å². The quantitative estimate of drug-likeness (QED) is 0.696. The van der Waals surface area contributed by atoms with Gasteiger partial charge >= 0.3 is 0 Å². The second-order valence-corrected chi connectivity index (χ2v) is 4.71. The SMILES string of the molecule is Cc1cc(C)c(C2=CCCCC2=O)c(C)c1. The van der Waals surface area contributed by atoms with Gasteiger partial charge in [-0.1, -0.05) is 23.8 Å². The Bertz CT molecular complexity index is 443. The topological polar surface area (TPSA) is 17.1 Å². The van der Waals surface area contributed by atoms with Gasteiger partial charge in [-0.3, -0.25) is 4.79 Å². The number of ketones is 1. The third kappa shape index (κ3) is 1.95. The van der Waals surface area contributed by atoms with Crippen LogP contribution in [0.1, 0.15) is 41.5 Å². The lowest BCUT2D eigenvalue weighted by Crippen LogP contribution is -2.08. The second-order valence-electron chi connectivity index (χ2n) is 4.71. The molecule has 0 atom stereocenters. The van der Waals surface area contributed by atoms with Crippen LogP contribution in [0.25, 0.3) is 5.57 Å². The van der Waals surface area contributed by atoms with Gasteiger partial charge in [0.1, 0.15) is 0 Å². The summed E-state index contributed by atoms with van der Waals surface area (Å²) < 4.78 is 0. The smallest absolute Gasteiger partial charge is 0.163 e. The van der Waals surface area contributed by atoms with Gasteiger partial charge in [0, 0.05) is 12.0 Å². The molecular weight excluding hydrogens is 196 g/mol. The first kappa shape index (κ1) is 11.1. The van der Waals surface area contributed by atoms with Gasteiger partial charge in [0.25, 0.3) is 0 Å². The fourth-order valence-corrected chi connectivity index (χ4v) is 2.60. The molecule has 0 fully saturated rings. The standard InChI is InChI=1S/C15H18O/c1-10-8-11(2)15(12(3)9-10)13-6-4-5-7-14(13)16/h6,8-9H,4-5,7H2,1-3H3. The summed E-state index contributed by atoms with van der Waals surface area (Å²) in [6, 6.07) is 4.32. The first-order chi connectivity index (χ1) is 7.59. The highest BCUT2D eigenvalue weighted by Crippen LogP contribution is 2.29. The molecule has 0 amide bonds.